The predicted octanol–water partition coefficient (Wildman–Crippen LogP) is 2.91. The number of rotatable bonds is 2. The number of halogens is 2. The van der Waals surface area contributed by atoms with Gasteiger partial charge < -0.3 is 15.1 Å². The monoisotopic (exact) mass is 314 g/mol. The first kappa shape index (κ1) is 15.2. The van der Waals surface area contributed by atoms with E-state index in [1.807, 2.05) is 19.1 Å². The van der Waals surface area contributed by atoms with Crippen molar-refractivity contribution in [3.8, 4) is 0 Å². The van der Waals surface area contributed by atoms with E-state index in [-0.39, 0.29) is 24.4 Å². The average Bonchev–Trinajstić information content (AvgIpc) is 2.99. The van der Waals surface area contributed by atoms with E-state index in [1.165, 1.54) is 0 Å². The molecule has 1 aliphatic heterocycles. The molecule has 1 aromatic carbocycles. The van der Waals surface area contributed by atoms with Crippen molar-refractivity contribution in [3.05, 3.63) is 34.5 Å². The fourth-order valence-electron chi connectivity index (χ4n) is 2.45. The summed E-state index contributed by atoms with van der Waals surface area (Å²) in [5.41, 5.74) is 1.41. The predicted molar refractivity (Wildman–Crippen MR) is 81.9 cm³/mol. The maximum absolute atomic E-state index is 12.2. The molecule has 0 radical (unpaired) electrons. The minimum absolute atomic E-state index is 0. The molecule has 20 heavy (non-hydrogen) atoms. The number of carbonyl (C=O) groups is 1. The zero-order valence-electron chi connectivity index (χ0n) is 11.0. The van der Waals surface area contributed by atoms with Gasteiger partial charge in [-0.25, -0.2) is 0 Å². The number of hydrogen-bond donors (Lipinski definition) is 2. The van der Waals surface area contributed by atoms with E-state index >= 15 is 0 Å². The lowest BCUT2D eigenvalue weighted by Gasteiger charge is -2.09. The van der Waals surface area contributed by atoms with Crippen LogP contribution in [0, 0.1) is 6.92 Å². The lowest BCUT2D eigenvalue weighted by atomic mass is 10.1. The third-order valence-electron chi connectivity index (χ3n) is 3.52. The van der Waals surface area contributed by atoms with Crippen LogP contribution in [-0.4, -0.2) is 25.0 Å². The molecule has 0 aliphatic carbocycles. The molecule has 108 valence electrons. The van der Waals surface area contributed by atoms with Gasteiger partial charge in [-0.1, -0.05) is 23.7 Å². The van der Waals surface area contributed by atoms with E-state index in [1.54, 1.807) is 6.07 Å². The summed E-state index contributed by atoms with van der Waals surface area (Å²) < 4.78 is 5.64. The highest BCUT2D eigenvalue weighted by atomic mass is 35.5. The Morgan fingerprint density at radius 1 is 1.50 bits per heavy atom. The summed E-state index contributed by atoms with van der Waals surface area (Å²) in [7, 11) is 0. The molecular formula is C14H16Cl2N2O2. The van der Waals surface area contributed by atoms with E-state index in [2.05, 4.69) is 10.6 Å². The molecule has 1 aliphatic rings. The van der Waals surface area contributed by atoms with Crippen LogP contribution >= 0.6 is 24.0 Å². The zero-order chi connectivity index (χ0) is 13.4. The number of aryl methyl sites for hydroxylation is 1. The van der Waals surface area contributed by atoms with E-state index < -0.39 is 0 Å². The molecule has 1 amide bonds. The maximum Gasteiger partial charge on any atom is 0.287 e. The van der Waals surface area contributed by atoms with Gasteiger partial charge in [-0.05, 0) is 26.0 Å². The van der Waals surface area contributed by atoms with Crippen LogP contribution in [0.3, 0.4) is 0 Å². The summed E-state index contributed by atoms with van der Waals surface area (Å²) >= 11 is 6.08. The largest absolute Gasteiger partial charge is 0.449 e. The van der Waals surface area contributed by atoms with Gasteiger partial charge in [-0.15, -0.1) is 12.4 Å². The minimum Gasteiger partial charge on any atom is -0.449 e. The highest BCUT2D eigenvalue weighted by molar-refractivity contribution is 6.35. The molecule has 1 aromatic heterocycles. The SMILES string of the molecule is Cc1c(C(=O)NC2CCNC2)oc2c(Cl)cccc12.Cl. The van der Waals surface area contributed by atoms with Crippen molar-refractivity contribution < 1.29 is 9.21 Å². The zero-order valence-corrected chi connectivity index (χ0v) is 12.6. The Bertz CT molecular complexity index is 633. The number of nitrogens with one attached hydrogen (secondary N) is 2. The number of fused-ring (bicyclic) bond motifs is 1. The van der Waals surface area contributed by atoms with Crippen LogP contribution in [0.4, 0.5) is 0 Å². The Hall–Kier alpha value is -1.23. The molecule has 6 heteroatoms. The van der Waals surface area contributed by atoms with Gasteiger partial charge in [0, 0.05) is 23.5 Å². The Kier molecular flexibility index (Phi) is 4.58. The van der Waals surface area contributed by atoms with E-state index in [9.17, 15) is 4.79 Å². The van der Waals surface area contributed by atoms with Crippen LogP contribution in [0.15, 0.2) is 22.6 Å². The Morgan fingerprint density at radius 2 is 2.30 bits per heavy atom. The molecular weight excluding hydrogens is 299 g/mol. The van der Waals surface area contributed by atoms with Crippen LogP contribution in [0.2, 0.25) is 5.02 Å². The molecule has 2 aromatic rings. The van der Waals surface area contributed by atoms with Crippen molar-refractivity contribution >= 4 is 40.9 Å². The number of furan rings is 1. The summed E-state index contributed by atoms with van der Waals surface area (Å²) in [6.07, 6.45) is 0.950. The third-order valence-corrected chi connectivity index (χ3v) is 3.82. The second-order valence-electron chi connectivity index (χ2n) is 4.84. The quantitative estimate of drug-likeness (QED) is 0.896. The van der Waals surface area contributed by atoms with Crippen molar-refractivity contribution in [2.75, 3.05) is 13.1 Å². The topological polar surface area (TPSA) is 54.3 Å². The van der Waals surface area contributed by atoms with Crippen LogP contribution in [0.25, 0.3) is 11.0 Å². The second-order valence-corrected chi connectivity index (χ2v) is 5.24. The van der Waals surface area contributed by atoms with Crippen molar-refractivity contribution in [3.63, 3.8) is 0 Å². The van der Waals surface area contributed by atoms with Crippen molar-refractivity contribution in [2.24, 2.45) is 0 Å². The number of hydrogen-bond acceptors (Lipinski definition) is 3. The standard InChI is InChI=1S/C14H15ClN2O2.ClH/c1-8-10-3-2-4-11(15)13(10)19-12(8)14(18)17-9-5-6-16-7-9;/h2-4,9,16H,5-7H2,1H3,(H,17,18);1H. The van der Waals surface area contributed by atoms with E-state index in [0.717, 1.165) is 30.5 Å². The van der Waals surface area contributed by atoms with Gasteiger partial charge in [-0.3, -0.25) is 4.79 Å². The minimum atomic E-state index is -0.168. The van der Waals surface area contributed by atoms with Gasteiger partial charge in [0.25, 0.3) is 5.91 Å². The van der Waals surface area contributed by atoms with Gasteiger partial charge in [0.05, 0.1) is 5.02 Å². The summed E-state index contributed by atoms with van der Waals surface area (Å²) in [5, 5.41) is 7.61. The number of benzene rings is 1. The molecule has 3 rings (SSSR count). The van der Waals surface area contributed by atoms with Crippen molar-refractivity contribution in [1.82, 2.24) is 10.6 Å². The van der Waals surface area contributed by atoms with Gasteiger partial charge in [-0.2, -0.15) is 0 Å². The number of para-hydroxylation sites is 1. The summed E-state index contributed by atoms with van der Waals surface area (Å²) in [4.78, 5) is 12.2. The second kappa shape index (κ2) is 6.04. The van der Waals surface area contributed by atoms with Gasteiger partial charge in [0.1, 0.15) is 0 Å². The normalized spacial score (nSPS) is 18.0. The molecule has 2 N–H and O–H groups in total. The molecule has 1 atom stereocenters. The molecule has 0 saturated carbocycles. The van der Waals surface area contributed by atoms with Gasteiger partial charge >= 0.3 is 0 Å². The Labute approximate surface area is 128 Å². The highest BCUT2D eigenvalue weighted by Crippen LogP contribution is 2.30. The number of carbonyl (C=O) groups excluding carboxylic acids is 1. The molecule has 1 saturated heterocycles. The molecule has 4 nitrogen and oxygen atoms in total. The first-order valence-corrected chi connectivity index (χ1v) is 6.74. The fraction of sp³-hybridized carbons (Fsp3) is 0.357. The summed E-state index contributed by atoms with van der Waals surface area (Å²) in [6, 6.07) is 5.70. The average molecular weight is 315 g/mol. The first-order valence-electron chi connectivity index (χ1n) is 6.36. The smallest absolute Gasteiger partial charge is 0.287 e. The summed E-state index contributed by atoms with van der Waals surface area (Å²) in [6.45, 7) is 3.63. The summed E-state index contributed by atoms with van der Waals surface area (Å²) in [5.74, 6) is 0.188. The van der Waals surface area contributed by atoms with Crippen LogP contribution in [-0.2, 0) is 0 Å². The van der Waals surface area contributed by atoms with E-state index in [4.69, 9.17) is 16.0 Å². The molecule has 1 fully saturated rings. The lowest BCUT2D eigenvalue weighted by Crippen LogP contribution is -2.36. The maximum atomic E-state index is 12.2. The lowest BCUT2D eigenvalue weighted by molar-refractivity contribution is 0.0913. The van der Waals surface area contributed by atoms with Crippen molar-refractivity contribution in [1.29, 1.82) is 0 Å². The molecule has 2 heterocycles. The van der Waals surface area contributed by atoms with Gasteiger partial charge in [0.15, 0.2) is 11.3 Å². The van der Waals surface area contributed by atoms with E-state index in [0.29, 0.717) is 16.4 Å². The van der Waals surface area contributed by atoms with Gasteiger partial charge in [0.2, 0.25) is 0 Å². The third kappa shape index (κ3) is 2.64. The number of amides is 1. The molecule has 0 spiro atoms. The molecule has 0 bridgehead atoms. The highest BCUT2D eigenvalue weighted by Gasteiger charge is 2.23. The fourth-order valence-corrected chi connectivity index (χ4v) is 2.67. The Morgan fingerprint density at radius 3 is 2.95 bits per heavy atom. The van der Waals surface area contributed by atoms with Crippen LogP contribution in [0.1, 0.15) is 22.5 Å². The Balaban J connectivity index is 0.00000147. The molecule has 1 unspecified atom stereocenters. The first-order chi connectivity index (χ1) is 9.16. The van der Waals surface area contributed by atoms with Crippen LogP contribution < -0.4 is 10.6 Å². The van der Waals surface area contributed by atoms with Crippen LogP contribution in [0.5, 0.6) is 0 Å². The van der Waals surface area contributed by atoms with Crippen molar-refractivity contribution in [2.45, 2.75) is 19.4 Å².